The van der Waals surface area contributed by atoms with Crippen LogP contribution in [0.2, 0.25) is 0 Å². The Balaban J connectivity index is 3.18. The molecule has 88 valence electrons. The molecule has 0 bridgehead atoms. The zero-order valence-corrected chi connectivity index (χ0v) is 9.11. The van der Waals surface area contributed by atoms with E-state index in [0.29, 0.717) is 0 Å². The van der Waals surface area contributed by atoms with Crippen LogP contribution in [0.1, 0.15) is 6.92 Å². The molecule has 8 nitrogen and oxygen atoms in total. The molecule has 2 amide bonds. The molecule has 1 rings (SSSR count). The van der Waals surface area contributed by atoms with E-state index in [0.717, 1.165) is 13.2 Å². The van der Waals surface area contributed by atoms with Crippen LogP contribution >= 0.6 is 0 Å². The number of nitrogens with zero attached hydrogens (tertiary/aromatic N) is 1. The molecule has 9 heteroatoms. The molecule has 0 N–H and O–H groups in total. The van der Waals surface area contributed by atoms with Crippen LogP contribution in [0.5, 0.6) is 0 Å². The molecule has 0 aliphatic carbocycles. The number of rotatable bonds is 0. The molecule has 0 aromatic heterocycles. The second kappa shape index (κ2) is 3.93. The number of hydrogen-bond acceptors (Lipinski definition) is 7. The number of amides is 2. The predicted molar refractivity (Wildman–Crippen MR) is 47.6 cm³/mol. The van der Waals surface area contributed by atoms with E-state index >= 15 is 0 Å². The van der Waals surface area contributed by atoms with Crippen molar-refractivity contribution in [3.05, 3.63) is 11.8 Å². The normalized spacial score (nSPS) is 18.5. The summed E-state index contributed by atoms with van der Waals surface area (Å²) in [5.41, 5.74) is 0. The van der Waals surface area contributed by atoms with Crippen molar-refractivity contribution in [1.82, 2.24) is 4.31 Å². The maximum Gasteiger partial charge on any atom is 0.419 e. The van der Waals surface area contributed by atoms with Gasteiger partial charge in [0.2, 0.25) is 0 Å². The number of imide groups is 1. The monoisotopic (exact) mass is 249 g/mol. The summed E-state index contributed by atoms with van der Waals surface area (Å²) in [7, 11) is -3.73. The van der Waals surface area contributed by atoms with E-state index in [1.54, 1.807) is 0 Å². The summed E-state index contributed by atoms with van der Waals surface area (Å²) in [6.07, 6.45) is 0.766. The van der Waals surface area contributed by atoms with E-state index < -0.39 is 28.1 Å². The Morgan fingerprint density at radius 2 is 2.00 bits per heavy atom. The topological polar surface area (TPSA) is 107 Å². The summed E-state index contributed by atoms with van der Waals surface area (Å²) in [5.74, 6) is -4.48. The van der Waals surface area contributed by atoms with Crippen LogP contribution in [0.15, 0.2) is 11.8 Å². The lowest BCUT2D eigenvalue weighted by atomic mass is 10.4. The molecule has 0 saturated carbocycles. The highest BCUT2D eigenvalue weighted by atomic mass is 32.2. The van der Waals surface area contributed by atoms with Crippen molar-refractivity contribution in [3.8, 4) is 0 Å². The summed E-state index contributed by atoms with van der Waals surface area (Å²) in [4.78, 5) is 33.3. The maximum atomic E-state index is 11.3. The van der Waals surface area contributed by atoms with Crippen molar-refractivity contribution in [3.63, 3.8) is 0 Å². The molecule has 1 aliphatic heterocycles. The Hall–Kier alpha value is -1.90. The van der Waals surface area contributed by atoms with E-state index in [9.17, 15) is 22.8 Å². The Kier molecular flexibility index (Phi) is 2.99. The SMILES string of the molecule is COC(=O)C(=O)N1C(=O)C=C(C)OS1(=O)=O. The second-order valence-electron chi connectivity index (χ2n) is 2.70. The van der Waals surface area contributed by atoms with Gasteiger partial charge >= 0.3 is 22.2 Å². The van der Waals surface area contributed by atoms with Gasteiger partial charge in [-0.1, -0.05) is 0 Å². The van der Waals surface area contributed by atoms with Crippen LogP contribution in [0, 0.1) is 0 Å². The van der Waals surface area contributed by atoms with Crippen LogP contribution in [0.3, 0.4) is 0 Å². The van der Waals surface area contributed by atoms with Gasteiger partial charge in [-0.05, 0) is 6.92 Å². The first-order chi connectivity index (χ1) is 7.29. The lowest BCUT2D eigenvalue weighted by Crippen LogP contribution is -2.47. The highest BCUT2D eigenvalue weighted by Gasteiger charge is 2.42. The largest absolute Gasteiger partial charge is 0.462 e. The highest BCUT2D eigenvalue weighted by molar-refractivity contribution is 7.85. The number of ether oxygens (including phenoxy) is 1. The number of allylic oxidation sites excluding steroid dienone is 1. The molecular weight excluding hydrogens is 242 g/mol. The molecule has 0 unspecified atom stereocenters. The Bertz CT molecular complexity index is 489. The fraction of sp³-hybridized carbons (Fsp3) is 0.286. The molecule has 0 aromatic carbocycles. The van der Waals surface area contributed by atoms with Crippen molar-refractivity contribution < 1.29 is 31.7 Å². The van der Waals surface area contributed by atoms with Crippen molar-refractivity contribution in [2.75, 3.05) is 7.11 Å². The van der Waals surface area contributed by atoms with E-state index in [1.165, 1.54) is 6.92 Å². The Labute approximate surface area is 90.7 Å². The van der Waals surface area contributed by atoms with Gasteiger partial charge in [0, 0.05) is 6.08 Å². The van der Waals surface area contributed by atoms with Crippen molar-refractivity contribution >= 4 is 28.1 Å². The minimum atomic E-state index is -4.61. The highest BCUT2D eigenvalue weighted by Crippen LogP contribution is 2.17. The van der Waals surface area contributed by atoms with Crippen LogP contribution in [-0.2, 0) is 33.6 Å². The number of hydrogen-bond donors (Lipinski definition) is 0. The molecule has 0 fully saturated rings. The summed E-state index contributed by atoms with van der Waals surface area (Å²) in [5, 5.41) is 0. The van der Waals surface area contributed by atoms with Gasteiger partial charge in [0.15, 0.2) is 0 Å². The first kappa shape index (κ1) is 12.2. The fourth-order valence-electron chi connectivity index (χ4n) is 0.942. The molecule has 1 heterocycles. The minimum Gasteiger partial charge on any atom is -0.462 e. The first-order valence-electron chi connectivity index (χ1n) is 3.89. The van der Waals surface area contributed by atoms with Crippen molar-refractivity contribution in [1.29, 1.82) is 0 Å². The van der Waals surface area contributed by atoms with Gasteiger partial charge in [-0.2, -0.15) is 8.42 Å². The molecule has 16 heavy (non-hydrogen) atoms. The van der Waals surface area contributed by atoms with E-state index in [1.807, 2.05) is 0 Å². The lowest BCUT2D eigenvalue weighted by molar-refractivity contribution is -0.157. The average molecular weight is 249 g/mol. The van der Waals surface area contributed by atoms with Crippen LogP contribution < -0.4 is 0 Å². The van der Waals surface area contributed by atoms with Gasteiger partial charge in [0.25, 0.3) is 5.91 Å². The number of carbonyl (C=O) groups is 3. The number of esters is 1. The zero-order valence-electron chi connectivity index (χ0n) is 8.29. The molecule has 0 radical (unpaired) electrons. The van der Waals surface area contributed by atoms with E-state index in [4.69, 9.17) is 0 Å². The van der Waals surface area contributed by atoms with E-state index in [-0.39, 0.29) is 10.1 Å². The summed E-state index contributed by atoms with van der Waals surface area (Å²) in [6.45, 7) is 1.22. The second-order valence-corrected chi connectivity index (χ2v) is 4.08. The number of carbonyl (C=O) groups excluding carboxylic acids is 3. The van der Waals surface area contributed by atoms with Gasteiger partial charge in [-0.15, -0.1) is 4.31 Å². The fourth-order valence-corrected chi connectivity index (χ4v) is 1.95. The Morgan fingerprint density at radius 3 is 2.44 bits per heavy atom. The van der Waals surface area contributed by atoms with Crippen molar-refractivity contribution in [2.24, 2.45) is 0 Å². The number of methoxy groups -OCH3 is 1. The third kappa shape index (κ3) is 2.03. The third-order valence-electron chi connectivity index (χ3n) is 1.53. The van der Waals surface area contributed by atoms with Gasteiger partial charge in [-0.3, -0.25) is 9.59 Å². The molecule has 0 aromatic rings. The molecular formula is C7H7NO7S. The Morgan fingerprint density at radius 1 is 1.44 bits per heavy atom. The average Bonchev–Trinajstić information content (AvgIpc) is 2.13. The lowest BCUT2D eigenvalue weighted by Gasteiger charge is -2.21. The van der Waals surface area contributed by atoms with Crippen LogP contribution in [0.4, 0.5) is 0 Å². The van der Waals surface area contributed by atoms with Crippen LogP contribution in [-0.4, -0.2) is 37.6 Å². The molecule has 0 atom stereocenters. The smallest absolute Gasteiger partial charge is 0.419 e. The minimum absolute atomic E-state index is 0.195. The van der Waals surface area contributed by atoms with Gasteiger partial charge in [0.05, 0.1) is 7.11 Å². The van der Waals surface area contributed by atoms with Crippen molar-refractivity contribution in [2.45, 2.75) is 6.92 Å². The van der Waals surface area contributed by atoms with Gasteiger partial charge in [-0.25, -0.2) is 4.79 Å². The summed E-state index contributed by atoms with van der Waals surface area (Å²) in [6, 6.07) is 0. The van der Waals surface area contributed by atoms with E-state index in [2.05, 4.69) is 8.92 Å². The summed E-state index contributed by atoms with van der Waals surface area (Å²) >= 11 is 0. The quantitative estimate of drug-likeness (QED) is 0.387. The van der Waals surface area contributed by atoms with Crippen LogP contribution in [0.25, 0.3) is 0 Å². The molecule has 0 saturated heterocycles. The third-order valence-corrected chi connectivity index (χ3v) is 2.80. The molecule has 1 aliphatic rings. The van der Waals surface area contributed by atoms with Gasteiger partial charge < -0.3 is 8.92 Å². The first-order valence-corrected chi connectivity index (χ1v) is 5.25. The zero-order chi connectivity index (χ0) is 12.5. The predicted octanol–water partition coefficient (Wildman–Crippen LogP) is -1.31. The molecule has 0 spiro atoms. The maximum absolute atomic E-state index is 11.3. The summed E-state index contributed by atoms with van der Waals surface area (Å²) < 4.78 is 30.5. The standard InChI is InChI=1S/C7H7NO7S/c1-4-3-5(9)8(16(12,13)15-4)6(10)7(11)14-2/h3H,1-2H3. The van der Waals surface area contributed by atoms with Gasteiger partial charge in [0.1, 0.15) is 5.76 Å².